The van der Waals surface area contributed by atoms with Gasteiger partial charge in [0.05, 0.1) is 12.3 Å². The second kappa shape index (κ2) is 5.49. The van der Waals surface area contributed by atoms with E-state index >= 15 is 0 Å². The molecule has 1 saturated carbocycles. The number of imidazole rings is 1. The van der Waals surface area contributed by atoms with Crippen LogP contribution < -0.4 is 5.32 Å². The highest BCUT2D eigenvalue weighted by atomic mass is 16.5. The Kier molecular flexibility index (Phi) is 3.52. The predicted octanol–water partition coefficient (Wildman–Crippen LogP) is 2.22. The minimum Gasteiger partial charge on any atom is -0.381 e. The summed E-state index contributed by atoms with van der Waals surface area (Å²) in [5, 5.41) is 3.47. The van der Waals surface area contributed by atoms with Crippen LogP contribution in [0.15, 0.2) is 0 Å². The van der Waals surface area contributed by atoms with Crippen molar-refractivity contribution < 1.29 is 4.74 Å². The highest BCUT2D eigenvalue weighted by Crippen LogP contribution is 2.35. The van der Waals surface area contributed by atoms with E-state index in [0.29, 0.717) is 11.8 Å². The Labute approximate surface area is 120 Å². The van der Waals surface area contributed by atoms with Gasteiger partial charge in [0.2, 0.25) is 0 Å². The van der Waals surface area contributed by atoms with Crippen LogP contribution >= 0.6 is 0 Å². The highest BCUT2D eigenvalue weighted by molar-refractivity contribution is 5.22. The van der Waals surface area contributed by atoms with Crippen molar-refractivity contribution in [3.05, 3.63) is 17.2 Å². The van der Waals surface area contributed by atoms with Crippen LogP contribution in [-0.4, -0.2) is 29.3 Å². The third-order valence-electron chi connectivity index (χ3n) is 5.20. The molecule has 110 valence electrons. The molecule has 1 atom stereocenters. The summed E-state index contributed by atoms with van der Waals surface area (Å²) in [5.41, 5.74) is 2.83. The molecule has 20 heavy (non-hydrogen) atoms. The first-order chi connectivity index (χ1) is 9.92. The van der Waals surface area contributed by atoms with E-state index < -0.39 is 0 Å². The minimum absolute atomic E-state index is 0.698. The molecule has 4 nitrogen and oxygen atoms in total. The molecular formula is C16H25N3O. The lowest BCUT2D eigenvalue weighted by Gasteiger charge is -2.20. The number of fused-ring (bicyclic) bond motifs is 1. The van der Waals surface area contributed by atoms with E-state index in [-0.39, 0.29) is 0 Å². The van der Waals surface area contributed by atoms with Crippen LogP contribution in [0.4, 0.5) is 0 Å². The molecule has 2 aliphatic heterocycles. The largest absolute Gasteiger partial charge is 0.381 e. The molecular weight excluding hydrogens is 250 g/mol. The average Bonchev–Trinajstić information content (AvgIpc) is 3.19. The summed E-state index contributed by atoms with van der Waals surface area (Å²) < 4.78 is 8.16. The summed E-state index contributed by atoms with van der Waals surface area (Å²) in [7, 11) is 0. The lowest BCUT2D eigenvalue weighted by molar-refractivity contribution is 0.182. The van der Waals surface area contributed by atoms with Crippen LogP contribution in [0.5, 0.6) is 0 Å². The first kappa shape index (κ1) is 12.8. The van der Waals surface area contributed by atoms with E-state index in [9.17, 15) is 0 Å². The van der Waals surface area contributed by atoms with Crippen molar-refractivity contribution in [1.29, 1.82) is 0 Å². The van der Waals surface area contributed by atoms with Gasteiger partial charge in [-0.25, -0.2) is 4.98 Å². The van der Waals surface area contributed by atoms with Gasteiger partial charge in [0, 0.05) is 50.2 Å². The standard InChI is InChI=1S/C16H25N3O/c1-2-4-13(3-1)16-18-14-9-17-7-5-15(14)19(16)10-12-6-8-20-11-12/h12-13,17H,1-11H2. The number of hydrogen-bond donors (Lipinski definition) is 1. The Hall–Kier alpha value is -0.870. The molecule has 0 radical (unpaired) electrons. The quantitative estimate of drug-likeness (QED) is 0.919. The number of hydrogen-bond acceptors (Lipinski definition) is 3. The fourth-order valence-electron chi connectivity index (χ4n) is 4.08. The second-order valence-electron chi connectivity index (χ2n) is 6.61. The van der Waals surface area contributed by atoms with Gasteiger partial charge in [-0.05, 0) is 19.3 Å². The molecule has 1 aromatic heterocycles. The van der Waals surface area contributed by atoms with E-state index in [2.05, 4.69) is 9.88 Å². The molecule has 0 aromatic carbocycles. The van der Waals surface area contributed by atoms with Crippen LogP contribution in [0, 0.1) is 5.92 Å². The Morgan fingerprint density at radius 1 is 1.25 bits per heavy atom. The summed E-state index contributed by atoms with van der Waals surface area (Å²) in [6, 6.07) is 0. The van der Waals surface area contributed by atoms with E-state index in [1.807, 2.05) is 0 Å². The number of rotatable bonds is 3. The Bertz CT molecular complexity index is 470. The molecule has 1 aromatic rings. The van der Waals surface area contributed by atoms with E-state index in [1.54, 1.807) is 0 Å². The monoisotopic (exact) mass is 275 g/mol. The summed E-state index contributed by atoms with van der Waals surface area (Å²) in [6.45, 7) is 5.08. The van der Waals surface area contributed by atoms with Crippen molar-refractivity contribution in [1.82, 2.24) is 14.9 Å². The van der Waals surface area contributed by atoms with Gasteiger partial charge in [0.1, 0.15) is 5.82 Å². The maximum atomic E-state index is 5.57. The van der Waals surface area contributed by atoms with Gasteiger partial charge in [-0.3, -0.25) is 0 Å². The van der Waals surface area contributed by atoms with E-state index in [0.717, 1.165) is 39.3 Å². The van der Waals surface area contributed by atoms with Gasteiger partial charge in [-0.1, -0.05) is 12.8 Å². The molecule has 2 fully saturated rings. The minimum atomic E-state index is 0.698. The molecule has 1 aliphatic carbocycles. The second-order valence-corrected chi connectivity index (χ2v) is 6.61. The number of aromatic nitrogens is 2. The van der Waals surface area contributed by atoms with Crippen molar-refractivity contribution in [2.45, 2.75) is 57.5 Å². The van der Waals surface area contributed by atoms with Gasteiger partial charge >= 0.3 is 0 Å². The Morgan fingerprint density at radius 3 is 2.95 bits per heavy atom. The topological polar surface area (TPSA) is 39.1 Å². The smallest absolute Gasteiger partial charge is 0.112 e. The summed E-state index contributed by atoms with van der Waals surface area (Å²) in [6.07, 6.45) is 7.80. The zero-order valence-corrected chi connectivity index (χ0v) is 12.2. The molecule has 4 heteroatoms. The van der Waals surface area contributed by atoms with Gasteiger partial charge < -0.3 is 14.6 Å². The van der Waals surface area contributed by atoms with Crippen LogP contribution in [0.3, 0.4) is 0 Å². The van der Waals surface area contributed by atoms with Crippen molar-refractivity contribution in [2.75, 3.05) is 19.8 Å². The van der Waals surface area contributed by atoms with Crippen molar-refractivity contribution in [3.8, 4) is 0 Å². The molecule has 4 rings (SSSR count). The molecule has 3 aliphatic rings. The summed E-state index contributed by atoms with van der Waals surface area (Å²) in [5.74, 6) is 2.80. The molecule has 0 amide bonds. The van der Waals surface area contributed by atoms with E-state index in [1.165, 1.54) is 49.3 Å². The van der Waals surface area contributed by atoms with Crippen molar-refractivity contribution in [2.24, 2.45) is 5.92 Å². The maximum Gasteiger partial charge on any atom is 0.112 e. The first-order valence-electron chi connectivity index (χ1n) is 8.28. The fraction of sp³-hybridized carbons (Fsp3) is 0.812. The van der Waals surface area contributed by atoms with Gasteiger partial charge in [0.15, 0.2) is 0 Å². The predicted molar refractivity (Wildman–Crippen MR) is 77.8 cm³/mol. The molecule has 1 saturated heterocycles. The van der Waals surface area contributed by atoms with Crippen LogP contribution in [0.2, 0.25) is 0 Å². The molecule has 1 unspecified atom stereocenters. The Balaban J connectivity index is 1.66. The zero-order chi connectivity index (χ0) is 13.4. The normalized spacial score (nSPS) is 27.1. The summed E-state index contributed by atoms with van der Waals surface area (Å²) in [4.78, 5) is 5.03. The van der Waals surface area contributed by atoms with Gasteiger partial charge in [-0.15, -0.1) is 0 Å². The number of ether oxygens (including phenoxy) is 1. The zero-order valence-electron chi connectivity index (χ0n) is 12.2. The molecule has 1 N–H and O–H groups in total. The number of nitrogens with one attached hydrogen (secondary N) is 1. The molecule has 0 bridgehead atoms. The van der Waals surface area contributed by atoms with Crippen LogP contribution in [0.25, 0.3) is 0 Å². The van der Waals surface area contributed by atoms with Crippen LogP contribution in [-0.2, 0) is 24.2 Å². The van der Waals surface area contributed by atoms with Gasteiger partial charge in [-0.2, -0.15) is 0 Å². The maximum absolute atomic E-state index is 5.57. The molecule has 3 heterocycles. The van der Waals surface area contributed by atoms with Crippen molar-refractivity contribution in [3.63, 3.8) is 0 Å². The number of nitrogens with zero attached hydrogens (tertiary/aromatic N) is 2. The highest BCUT2D eigenvalue weighted by Gasteiger charge is 2.28. The SMILES string of the molecule is C1CCC(c2nc3c(n2CC2CCOC2)CCNC3)C1. The van der Waals surface area contributed by atoms with E-state index in [4.69, 9.17) is 9.72 Å². The average molecular weight is 275 g/mol. The van der Waals surface area contributed by atoms with Gasteiger partial charge in [0.25, 0.3) is 0 Å². The third kappa shape index (κ3) is 2.29. The lowest BCUT2D eigenvalue weighted by Crippen LogP contribution is -2.26. The Morgan fingerprint density at radius 2 is 2.15 bits per heavy atom. The third-order valence-corrected chi connectivity index (χ3v) is 5.20. The van der Waals surface area contributed by atoms with Crippen molar-refractivity contribution >= 4 is 0 Å². The van der Waals surface area contributed by atoms with Crippen LogP contribution in [0.1, 0.15) is 55.2 Å². The fourth-order valence-corrected chi connectivity index (χ4v) is 4.08. The first-order valence-corrected chi connectivity index (χ1v) is 8.28. The summed E-state index contributed by atoms with van der Waals surface area (Å²) >= 11 is 0. The molecule has 0 spiro atoms. The lowest BCUT2D eigenvalue weighted by atomic mass is 10.1.